The molecule has 3 heteroatoms. The Balaban J connectivity index is 1.24. The molecule has 0 unspecified atom stereocenters. The van der Waals surface area contributed by atoms with Crippen molar-refractivity contribution in [2.75, 3.05) is 0 Å². The van der Waals surface area contributed by atoms with Crippen LogP contribution in [0.15, 0.2) is 206 Å². The largest absolute Gasteiger partial charge is 0.309 e. The molecule has 0 aliphatic heterocycles. The van der Waals surface area contributed by atoms with Gasteiger partial charge in [0.1, 0.15) is 0 Å². The Morgan fingerprint density at radius 1 is 0.255 bits per heavy atom. The second-order valence-corrected chi connectivity index (χ2v) is 17.1. The number of hydrogen-bond donors (Lipinski definition) is 0. The molecule has 2 nitrogen and oxygen atoms in total. The van der Waals surface area contributed by atoms with Crippen molar-refractivity contribution in [3.05, 3.63) is 206 Å². The molecule has 10 aromatic rings. The summed E-state index contributed by atoms with van der Waals surface area (Å²) in [5.74, 6) is 0. The molecule has 0 amide bonds. The second kappa shape index (κ2) is 11.9. The molecule has 0 saturated heterocycles. The zero-order valence-corrected chi connectivity index (χ0v) is 29.0. The molecule has 0 spiro atoms. The average molecular weight is 667 g/mol. The summed E-state index contributed by atoms with van der Waals surface area (Å²) in [6, 6.07) is 76.1. The number of rotatable bonds is 6. The van der Waals surface area contributed by atoms with Gasteiger partial charge in [0.2, 0.25) is 0 Å². The first-order chi connectivity index (χ1) is 25.3. The van der Waals surface area contributed by atoms with Gasteiger partial charge in [-0.3, -0.25) is 0 Å². The summed E-state index contributed by atoms with van der Waals surface area (Å²) in [6.45, 7) is 0. The highest BCUT2D eigenvalue weighted by Crippen LogP contribution is 2.39. The normalized spacial score (nSPS) is 11.9. The molecule has 10 rings (SSSR count). The molecule has 0 N–H and O–H groups in total. The summed E-state index contributed by atoms with van der Waals surface area (Å²) in [5, 5.41) is 10.6. The first-order valence-corrected chi connectivity index (χ1v) is 19.6. The maximum atomic E-state index is 2.46. The van der Waals surface area contributed by atoms with E-state index in [9.17, 15) is 0 Å². The van der Waals surface area contributed by atoms with E-state index in [-0.39, 0.29) is 0 Å². The lowest BCUT2D eigenvalue weighted by Crippen LogP contribution is -2.74. The zero-order valence-electron chi connectivity index (χ0n) is 28.0. The summed E-state index contributed by atoms with van der Waals surface area (Å²) in [7, 11) is -2.63. The maximum absolute atomic E-state index is 2.63. The van der Waals surface area contributed by atoms with Crippen molar-refractivity contribution in [2.24, 2.45) is 0 Å². The summed E-state index contributed by atoms with van der Waals surface area (Å²) in [6.07, 6.45) is 0. The third kappa shape index (κ3) is 4.49. The quantitative estimate of drug-likeness (QED) is 0.124. The first-order valence-electron chi connectivity index (χ1n) is 17.6. The molecule has 240 valence electrons. The Hall–Kier alpha value is -6.42. The number of fused-ring (bicyclic) bond motifs is 6. The van der Waals surface area contributed by atoms with Crippen molar-refractivity contribution in [1.82, 2.24) is 9.13 Å². The van der Waals surface area contributed by atoms with Gasteiger partial charge in [-0.2, -0.15) is 0 Å². The van der Waals surface area contributed by atoms with Crippen LogP contribution >= 0.6 is 0 Å². The SMILES string of the molecule is c1ccc(-n2c3ccccc3c3cc4c5ccccc5n(-c5ccc([Si](c6ccccc6)(c6ccccc6)c6ccccc6)cc5)c4cc32)cc1. The number of benzene rings is 8. The van der Waals surface area contributed by atoms with Crippen LogP contribution in [0.3, 0.4) is 0 Å². The zero-order chi connectivity index (χ0) is 33.8. The molecule has 0 aliphatic rings. The smallest absolute Gasteiger partial charge is 0.179 e. The molecule has 51 heavy (non-hydrogen) atoms. The monoisotopic (exact) mass is 666 g/mol. The fraction of sp³-hybridized carbons (Fsp3) is 0. The molecule has 8 aromatic carbocycles. The molecule has 0 bridgehead atoms. The van der Waals surface area contributed by atoms with Crippen molar-refractivity contribution < 1.29 is 0 Å². The Bertz CT molecular complexity index is 2720. The van der Waals surface area contributed by atoms with Gasteiger partial charge in [0, 0.05) is 32.9 Å². The van der Waals surface area contributed by atoms with E-state index in [1.54, 1.807) is 0 Å². The second-order valence-electron chi connectivity index (χ2n) is 13.3. The van der Waals surface area contributed by atoms with Crippen LogP contribution in [0, 0.1) is 0 Å². The highest BCUT2D eigenvalue weighted by Gasteiger charge is 2.41. The summed E-state index contributed by atoms with van der Waals surface area (Å²) < 4.78 is 4.87. The van der Waals surface area contributed by atoms with Crippen LogP contribution in [0.4, 0.5) is 0 Å². The highest BCUT2D eigenvalue weighted by atomic mass is 28.3. The molecule has 0 atom stereocenters. The maximum Gasteiger partial charge on any atom is 0.179 e. The van der Waals surface area contributed by atoms with Crippen molar-refractivity contribution in [3.8, 4) is 11.4 Å². The molecule has 2 heterocycles. The standard InChI is InChI=1S/C48H34N2Si/c1-5-17-35(18-6-1)49-45-27-15-13-25-41(45)43-33-44-42-26-14-16-28-46(42)50(48(44)34-47(43)49)36-29-31-40(32-30-36)51(37-19-7-2-8-20-37,38-21-9-3-10-22-38)39-23-11-4-12-24-39/h1-34H. The topological polar surface area (TPSA) is 9.86 Å². The van der Waals surface area contributed by atoms with Gasteiger partial charge < -0.3 is 9.13 Å². The highest BCUT2D eigenvalue weighted by molar-refractivity contribution is 7.19. The third-order valence-electron chi connectivity index (χ3n) is 10.7. The molecule has 0 saturated carbocycles. The summed E-state index contributed by atoms with van der Waals surface area (Å²) in [4.78, 5) is 0. The number of nitrogens with zero attached hydrogens (tertiary/aromatic N) is 2. The predicted octanol–water partition coefficient (Wildman–Crippen LogP) is 9.26. The Kier molecular flexibility index (Phi) is 6.86. The van der Waals surface area contributed by atoms with Gasteiger partial charge in [-0.15, -0.1) is 0 Å². The minimum absolute atomic E-state index is 1.16. The lowest BCUT2D eigenvalue weighted by Gasteiger charge is -2.34. The number of para-hydroxylation sites is 3. The number of hydrogen-bond acceptors (Lipinski definition) is 0. The van der Waals surface area contributed by atoms with E-state index in [4.69, 9.17) is 0 Å². The van der Waals surface area contributed by atoms with Gasteiger partial charge in [0.15, 0.2) is 8.07 Å². The molecular weight excluding hydrogens is 633 g/mol. The van der Waals surface area contributed by atoms with Crippen LogP contribution in [0.1, 0.15) is 0 Å². The van der Waals surface area contributed by atoms with Crippen molar-refractivity contribution in [1.29, 1.82) is 0 Å². The molecular formula is C48H34N2Si. The molecule has 0 aliphatic carbocycles. The van der Waals surface area contributed by atoms with Gasteiger partial charge in [-0.25, -0.2) is 0 Å². The Labute approximate surface area is 298 Å². The lowest BCUT2D eigenvalue weighted by molar-refractivity contribution is 1.17. The van der Waals surface area contributed by atoms with Crippen LogP contribution < -0.4 is 20.7 Å². The van der Waals surface area contributed by atoms with Gasteiger partial charge in [-0.05, 0) is 69.3 Å². The van der Waals surface area contributed by atoms with Crippen molar-refractivity contribution in [3.63, 3.8) is 0 Å². The summed E-state index contributed by atoms with van der Waals surface area (Å²) >= 11 is 0. The van der Waals surface area contributed by atoms with E-state index in [1.165, 1.54) is 70.0 Å². The van der Waals surface area contributed by atoms with Crippen LogP contribution in [0.25, 0.3) is 55.0 Å². The molecule has 2 aromatic heterocycles. The lowest BCUT2D eigenvalue weighted by atomic mass is 10.1. The van der Waals surface area contributed by atoms with E-state index in [1.807, 2.05) is 0 Å². The van der Waals surface area contributed by atoms with E-state index >= 15 is 0 Å². The Morgan fingerprint density at radius 2 is 0.608 bits per heavy atom. The minimum Gasteiger partial charge on any atom is -0.309 e. The van der Waals surface area contributed by atoms with Gasteiger partial charge in [0.25, 0.3) is 0 Å². The minimum atomic E-state index is -2.63. The van der Waals surface area contributed by atoms with E-state index in [0.717, 1.165) is 5.69 Å². The van der Waals surface area contributed by atoms with Gasteiger partial charge in [0.05, 0.1) is 22.1 Å². The number of aromatic nitrogens is 2. The van der Waals surface area contributed by atoms with E-state index < -0.39 is 8.07 Å². The summed E-state index contributed by atoms with van der Waals surface area (Å²) in [5.41, 5.74) is 7.16. The first kappa shape index (κ1) is 29.5. The van der Waals surface area contributed by atoms with E-state index in [0.29, 0.717) is 0 Å². The van der Waals surface area contributed by atoms with Gasteiger partial charge in [-0.1, -0.05) is 158 Å². The van der Waals surface area contributed by atoms with Crippen LogP contribution in [0.2, 0.25) is 0 Å². The van der Waals surface area contributed by atoms with Crippen molar-refractivity contribution in [2.45, 2.75) is 0 Å². The fourth-order valence-corrected chi connectivity index (χ4v) is 13.2. The van der Waals surface area contributed by atoms with Crippen LogP contribution in [-0.2, 0) is 0 Å². The third-order valence-corrected chi connectivity index (χ3v) is 15.5. The van der Waals surface area contributed by atoms with Crippen LogP contribution in [0.5, 0.6) is 0 Å². The average Bonchev–Trinajstić information content (AvgIpc) is 3.71. The van der Waals surface area contributed by atoms with Crippen molar-refractivity contribution >= 4 is 72.4 Å². The van der Waals surface area contributed by atoms with Crippen LogP contribution in [-0.4, -0.2) is 17.2 Å². The Morgan fingerprint density at radius 3 is 1.06 bits per heavy atom. The fourth-order valence-electron chi connectivity index (χ4n) is 8.49. The molecule has 0 radical (unpaired) electrons. The predicted molar refractivity (Wildman–Crippen MR) is 219 cm³/mol. The molecule has 0 fully saturated rings. The van der Waals surface area contributed by atoms with Gasteiger partial charge >= 0.3 is 0 Å². The van der Waals surface area contributed by atoms with E-state index in [2.05, 4.69) is 215 Å².